The quantitative estimate of drug-likeness (QED) is 0.558. The second-order valence-corrected chi connectivity index (χ2v) is 3.01. The number of halogens is 1. The smallest absolute Gasteiger partial charge is 0.138 e. The molecule has 76 valence electrons. The maximum atomic E-state index is 10.0. The summed E-state index contributed by atoms with van der Waals surface area (Å²) in [5.41, 5.74) is 0. The van der Waals surface area contributed by atoms with Crippen molar-refractivity contribution in [1.29, 1.82) is 0 Å². The Kier molecular flexibility index (Phi) is 4.26. The first-order chi connectivity index (χ1) is 6.77. The number of carbonyl (C=O) groups excluding carboxylic acids is 1. The van der Waals surface area contributed by atoms with Gasteiger partial charge in [-0.2, -0.15) is 0 Å². The molecule has 0 bridgehead atoms. The normalized spacial score (nSPS) is 9.57. The van der Waals surface area contributed by atoms with Crippen molar-refractivity contribution in [2.75, 3.05) is 13.7 Å². The Labute approximate surface area is 87.6 Å². The molecule has 1 rings (SSSR count). The predicted octanol–water partition coefficient (Wildman–Crippen LogP) is 2.32. The van der Waals surface area contributed by atoms with Crippen molar-refractivity contribution < 1.29 is 14.3 Å². The fraction of sp³-hybridized carbons (Fsp3) is 0.300. The number of methoxy groups -OCH3 is 1. The molecule has 0 aliphatic rings. The third kappa shape index (κ3) is 2.92. The van der Waals surface area contributed by atoms with Gasteiger partial charge in [-0.15, -0.1) is 0 Å². The summed E-state index contributed by atoms with van der Waals surface area (Å²) in [6.07, 6.45) is 1.17. The molecule has 14 heavy (non-hydrogen) atoms. The second kappa shape index (κ2) is 5.50. The molecule has 0 spiro atoms. The van der Waals surface area contributed by atoms with Crippen LogP contribution < -0.4 is 9.47 Å². The maximum absolute atomic E-state index is 10.0. The molecule has 1 aromatic rings. The summed E-state index contributed by atoms with van der Waals surface area (Å²) < 4.78 is 10.2. The van der Waals surface area contributed by atoms with Crippen LogP contribution in [0, 0.1) is 0 Å². The van der Waals surface area contributed by atoms with Crippen LogP contribution >= 0.6 is 11.6 Å². The van der Waals surface area contributed by atoms with Gasteiger partial charge in [-0.3, -0.25) is 0 Å². The third-order valence-electron chi connectivity index (χ3n) is 1.63. The van der Waals surface area contributed by atoms with E-state index in [0.29, 0.717) is 29.5 Å². The van der Waals surface area contributed by atoms with Crippen molar-refractivity contribution >= 4 is 17.9 Å². The van der Waals surface area contributed by atoms with Gasteiger partial charge in [-0.05, 0) is 12.1 Å². The van der Waals surface area contributed by atoms with E-state index >= 15 is 0 Å². The summed E-state index contributed by atoms with van der Waals surface area (Å²) in [7, 11) is 1.57. The summed E-state index contributed by atoms with van der Waals surface area (Å²) in [5, 5.41) is 0.482. The van der Waals surface area contributed by atoms with Gasteiger partial charge in [-0.25, -0.2) is 0 Å². The van der Waals surface area contributed by atoms with Gasteiger partial charge in [0.2, 0.25) is 0 Å². The van der Waals surface area contributed by atoms with Crippen molar-refractivity contribution in [1.82, 2.24) is 0 Å². The Bertz CT molecular complexity index is 312. The topological polar surface area (TPSA) is 35.5 Å². The number of hydrogen-bond donors (Lipinski definition) is 0. The molecule has 3 nitrogen and oxygen atoms in total. The number of ether oxygens (including phenoxy) is 2. The van der Waals surface area contributed by atoms with Crippen LogP contribution in [-0.4, -0.2) is 20.0 Å². The minimum absolute atomic E-state index is 0.343. The number of aldehydes is 1. The van der Waals surface area contributed by atoms with Gasteiger partial charge in [0.05, 0.1) is 18.7 Å². The van der Waals surface area contributed by atoms with E-state index in [9.17, 15) is 4.79 Å². The number of hydrogen-bond acceptors (Lipinski definition) is 3. The number of carbonyl (C=O) groups is 1. The van der Waals surface area contributed by atoms with Crippen molar-refractivity contribution in [3.8, 4) is 11.5 Å². The van der Waals surface area contributed by atoms with E-state index in [0.717, 1.165) is 6.29 Å². The lowest BCUT2D eigenvalue weighted by Crippen LogP contribution is -1.98. The second-order valence-electron chi connectivity index (χ2n) is 2.60. The zero-order valence-corrected chi connectivity index (χ0v) is 8.58. The Morgan fingerprint density at radius 2 is 2.29 bits per heavy atom. The lowest BCUT2D eigenvalue weighted by Gasteiger charge is -2.07. The molecule has 0 heterocycles. The molecular weight excluding hydrogens is 204 g/mol. The highest BCUT2D eigenvalue weighted by Crippen LogP contribution is 2.28. The van der Waals surface area contributed by atoms with Crippen LogP contribution in [0.5, 0.6) is 11.5 Å². The maximum Gasteiger partial charge on any atom is 0.138 e. The van der Waals surface area contributed by atoms with Crippen molar-refractivity contribution in [2.24, 2.45) is 0 Å². The van der Waals surface area contributed by atoms with Crippen molar-refractivity contribution in [3.05, 3.63) is 23.2 Å². The standard InChI is InChI=1S/C10H11ClO3/c1-13-8-3-4-10(9(11)7-8)14-6-2-5-12/h3-5,7H,2,6H2,1H3. The Morgan fingerprint density at radius 1 is 1.50 bits per heavy atom. The first-order valence-electron chi connectivity index (χ1n) is 4.18. The highest BCUT2D eigenvalue weighted by Gasteiger charge is 2.02. The first-order valence-corrected chi connectivity index (χ1v) is 4.55. The van der Waals surface area contributed by atoms with Gasteiger partial charge in [0.15, 0.2) is 0 Å². The SMILES string of the molecule is COc1ccc(OCCC=O)c(Cl)c1. The highest BCUT2D eigenvalue weighted by atomic mass is 35.5. The zero-order chi connectivity index (χ0) is 10.4. The molecule has 4 heteroatoms. The molecule has 0 aliphatic heterocycles. The number of benzene rings is 1. The number of rotatable bonds is 5. The van der Waals surface area contributed by atoms with Gasteiger partial charge in [0.1, 0.15) is 17.8 Å². The average Bonchev–Trinajstić information content (AvgIpc) is 2.20. The van der Waals surface area contributed by atoms with Crippen LogP contribution in [0.1, 0.15) is 6.42 Å². The van der Waals surface area contributed by atoms with Crippen LogP contribution in [0.25, 0.3) is 0 Å². The molecule has 0 radical (unpaired) electrons. The van der Waals surface area contributed by atoms with E-state index < -0.39 is 0 Å². The van der Waals surface area contributed by atoms with E-state index in [1.54, 1.807) is 25.3 Å². The monoisotopic (exact) mass is 214 g/mol. The van der Waals surface area contributed by atoms with Crippen molar-refractivity contribution in [2.45, 2.75) is 6.42 Å². The van der Waals surface area contributed by atoms with Gasteiger partial charge >= 0.3 is 0 Å². The van der Waals surface area contributed by atoms with E-state index in [-0.39, 0.29) is 0 Å². The minimum atomic E-state index is 0.343. The average molecular weight is 215 g/mol. The zero-order valence-electron chi connectivity index (χ0n) is 7.83. The Morgan fingerprint density at radius 3 is 2.86 bits per heavy atom. The first kappa shape index (κ1) is 10.9. The minimum Gasteiger partial charge on any atom is -0.497 e. The molecule has 0 amide bonds. The van der Waals surface area contributed by atoms with Crippen LogP contribution in [0.3, 0.4) is 0 Å². The van der Waals surface area contributed by atoms with E-state index in [4.69, 9.17) is 21.1 Å². The fourth-order valence-corrected chi connectivity index (χ4v) is 1.17. The van der Waals surface area contributed by atoms with Gasteiger partial charge < -0.3 is 14.3 Å². The largest absolute Gasteiger partial charge is 0.497 e. The highest BCUT2D eigenvalue weighted by molar-refractivity contribution is 6.32. The lowest BCUT2D eigenvalue weighted by molar-refractivity contribution is -0.108. The Hall–Kier alpha value is -1.22. The summed E-state index contributed by atoms with van der Waals surface area (Å²) in [6, 6.07) is 5.13. The molecule has 0 saturated carbocycles. The van der Waals surface area contributed by atoms with E-state index in [2.05, 4.69) is 0 Å². The predicted molar refractivity (Wildman–Crippen MR) is 54.2 cm³/mol. The molecule has 0 unspecified atom stereocenters. The molecule has 1 aromatic carbocycles. The van der Waals surface area contributed by atoms with Crippen LogP contribution in [-0.2, 0) is 4.79 Å². The van der Waals surface area contributed by atoms with Crippen molar-refractivity contribution in [3.63, 3.8) is 0 Å². The van der Waals surface area contributed by atoms with Gasteiger partial charge in [0, 0.05) is 12.5 Å². The van der Waals surface area contributed by atoms with Crippen LogP contribution in [0.4, 0.5) is 0 Å². The molecular formula is C10H11ClO3. The third-order valence-corrected chi connectivity index (χ3v) is 1.93. The van der Waals surface area contributed by atoms with Crippen LogP contribution in [0.15, 0.2) is 18.2 Å². The fourth-order valence-electron chi connectivity index (χ4n) is 0.943. The van der Waals surface area contributed by atoms with Crippen LogP contribution in [0.2, 0.25) is 5.02 Å². The lowest BCUT2D eigenvalue weighted by atomic mass is 10.3. The molecule has 0 aromatic heterocycles. The summed E-state index contributed by atoms with van der Waals surface area (Å²) in [6.45, 7) is 0.343. The summed E-state index contributed by atoms with van der Waals surface area (Å²) >= 11 is 5.89. The Balaban J connectivity index is 2.63. The van der Waals surface area contributed by atoms with E-state index in [1.807, 2.05) is 0 Å². The molecule has 0 fully saturated rings. The summed E-state index contributed by atoms with van der Waals surface area (Å²) in [5.74, 6) is 1.24. The molecule has 0 aliphatic carbocycles. The van der Waals surface area contributed by atoms with Gasteiger partial charge in [0.25, 0.3) is 0 Å². The molecule has 0 N–H and O–H groups in total. The summed E-state index contributed by atoms with van der Waals surface area (Å²) in [4.78, 5) is 10.0. The molecule has 0 saturated heterocycles. The molecule has 0 atom stereocenters. The van der Waals surface area contributed by atoms with E-state index in [1.165, 1.54) is 0 Å². The van der Waals surface area contributed by atoms with Gasteiger partial charge in [-0.1, -0.05) is 11.6 Å².